The van der Waals surface area contributed by atoms with E-state index in [0.29, 0.717) is 17.9 Å². The third-order valence-corrected chi connectivity index (χ3v) is 3.09. The summed E-state index contributed by atoms with van der Waals surface area (Å²) in [6, 6.07) is 10.9. The Morgan fingerprint density at radius 3 is 2.50 bits per heavy atom. The van der Waals surface area contributed by atoms with E-state index < -0.39 is 18.5 Å². The Morgan fingerprint density at radius 2 is 1.95 bits per heavy atom. The zero-order valence-electron chi connectivity index (χ0n) is 11.9. The first-order valence-corrected chi connectivity index (χ1v) is 6.73. The van der Waals surface area contributed by atoms with Crippen LogP contribution in [0.15, 0.2) is 35.1 Å². The maximum absolute atomic E-state index is 12.7. The number of aromatic nitrogens is 1. The van der Waals surface area contributed by atoms with Crippen LogP contribution in [-0.4, -0.2) is 17.6 Å². The molecule has 7 heteroatoms. The van der Waals surface area contributed by atoms with Gasteiger partial charge in [-0.15, -0.1) is 12.1 Å². The van der Waals surface area contributed by atoms with Crippen LogP contribution in [0.1, 0.15) is 6.92 Å². The van der Waals surface area contributed by atoms with Gasteiger partial charge in [-0.05, 0) is 19.1 Å². The van der Waals surface area contributed by atoms with Gasteiger partial charge in [0.25, 0.3) is 6.43 Å². The zero-order chi connectivity index (χ0) is 15.4. The number of rotatable bonds is 5. The van der Waals surface area contributed by atoms with Gasteiger partial charge in [0.1, 0.15) is 5.75 Å². The predicted octanol–water partition coefficient (Wildman–Crippen LogP) is 3.63. The van der Waals surface area contributed by atoms with Gasteiger partial charge in [0.15, 0.2) is 0 Å². The third-order valence-electron chi connectivity index (χ3n) is 2.81. The first-order valence-electron chi connectivity index (χ1n) is 6.35. The average molecular weight is 402 g/mol. The van der Waals surface area contributed by atoms with E-state index in [4.69, 9.17) is 16.3 Å². The van der Waals surface area contributed by atoms with Crippen molar-refractivity contribution < 1.29 is 46.2 Å². The molecule has 0 atom stereocenters. The molecule has 1 aromatic carbocycles. The number of nitrogens with zero attached hydrogens (tertiary/aromatic N) is 1. The number of pyridine rings is 1. The molecule has 0 N–H and O–H groups in total. The molecule has 2 aromatic rings. The molecule has 115 valence electrons. The van der Waals surface area contributed by atoms with Crippen molar-refractivity contribution in [2.45, 2.75) is 19.9 Å². The van der Waals surface area contributed by atoms with Crippen molar-refractivity contribution in [3.63, 3.8) is 0 Å². The molecule has 2 rings (SSSR count). The van der Waals surface area contributed by atoms with E-state index in [1.54, 1.807) is 24.3 Å². The van der Waals surface area contributed by atoms with Crippen molar-refractivity contribution >= 4 is 11.6 Å². The largest absolute Gasteiger partial charge is 0.494 e. The zero-order valence-corrected chi connectivity index (χ0v) is 15.4. The minimum atomic E-state index is -2.66. The Balaban J connectivity index is 0.00000242. The Morgan fingerprint density at radius 1 is 1.32 bits per heavy atom. The van der Waals surface area contributed by atoms with Gasteiger partial charge in [0.2, 0.25) is 5.56 Å². The van der Waals surface area contributed by atoms with Gasteiger partial charge in [-0.3, -0.25) is 4.79 Å². The molecule has 22 heavy (non-hydrogen) atoms. The Kier molecular flexibility index (Phi) is 7.67. The average Bonchev–Trinajstić information content (AvgIpc) is 2.45. The maximum Gasteiger partial charge on any atom is 0.256 e. The van der Waals surface area contributed by atoms with Crippen molar-refractivity contribution in [1.82, 2.24) is 4.57 Å². The summed E-state index contributed by atoms with van der Waals surface area (Å²) in [6.45, 7) is 1.67. The van der Waals surface area contributed by atoms with Crippen molar-refractivity contribution in [3.05, 3.63) is 51.8 Å². The molecule has 3 nitrogen and oxygen atoms in total. The molecule has 0 saturated carbocycles. The quantitative estimate of drug-likeness (QED) is 0.717. The van der Waals surface area contributed by atoms with E-state index in [2.05, 4.69) is 6.07 Å². The molecule has 0 saturated heterocycles. The molecule has 0 amide bonds. The molecule has 1 heterocycles. The predicted molar refractivity (Wildman–Crippen MR) is 77.2 cm³/mol. The van der Waals surface area contributed by atoms with E-state index in [1.165, 1.54) is 6.07 Å². The molecule has 0 bridgehead atoms. The van der Waals surface area contributed by atoms with E-state index in [9.17, 15) is 13.6 Å². The van der Waals surface area contributed by atoms with E-state index in [1.807, 2.05) is 6.92 Å². The summed E-state index contributed by atoms with van der Waals surface area (Å²) in [4.78, 5) is 11.9. The number of alkyl halides is 2. The van der Waals surface area contributed by atoms with Gasteiger partial charge in [0.05, 0.1) is 13.2 Å². The molecule has 0 unspecified atom stereocenters. The summed E-state index contributed by atoms with van der Waals surface area (Å²) >= 11 is 5.69. The number of hydrogen-bond acceptors (Lipinski definition) is 2. The number of benzene rings is 1. The van der Waals surface area contributed by atoms with Crippen molar-refractivity contribution in [3.8, 4) is 17.0 Å². The van der Waals surface area contributed by atoms with Gasteiger partial charge in [-0.2, -0.15) is 23.7 Å². The first kappa shape index (κ1) is 19.3. The molecule has 0 aliphatic carbocycles. The van der Waals surface area contributed by atoms with Crippen LogP contribution in [0.2, 0.25) is 5.02 Å². The van der Waals surface area contributed by atoms with Crippen LogP contribution in [0.25, 0.3) is 11.3 Å². The Hall–Kier alpha value is -0.776. The van der Waals surface area contributed by atoms with Crippen molar-refractivity contribution in [2.75, 3.05) is 6.61 Å². The van der Waals surface area contributed by atoms with Crippen LogP contribution < -0.4 is 10.3 Å². The number of halogens is 3. The fourth-order valence-electron chi connectivity index (χ4n) is 1.93. The van der Waals surface area contributed by atoms with E-state index in [0.717, 1.165) is 4.57 Å². The summed E-state index contributed by atoms with van der Waals surface area (Å²) < 4.78 is 31.6. The van der Waals surface area contributed by atoms with Gasteiger partial charge >= 0.3 is 0 Å². The molecule has 0 aliphatic rings. The van der Waals surface area contributed by atoms with Gasteiger partial charge in [-0.25, -0.2) is 8.78 Å². The fourth-order valence-corrected chi connectivity index (χ4v) is 2.09. The van der Waals surface area contributed by atoms with E-state index >= 15 is 0 Å². The normalized spacial score (nSPS) is 10.4. The minimum absolute atomic E-state index is 0. The second-order valence-electron chi connectivity index (χ2n) is 4.25. The summed E-state index contributed by atoms with van der Waals surface area (Å²) in [7, 11) is 0. The molecular weight excluding hydrogens is 389 g/mol. The summed E-state index contributed by atoms with van der Waals surface area (Å²) in [5.41, 5.74) is 0.209. The monoisotopic (exact) mass is 401 g/mol. The van der Waals surface area contributed by atoms with Crippen LogP contribution in [0.4, 0.5) is 8.78 Å². The van der Waals surface area contributed by atoms with Gasteiger partial charge in [0, 0.05) is 37.7 Å². The second kappa shape index (κ2) is 8.75. The Labute approximate surface area is 157 Å². The molecule has 1 aromatic heterocycles. The van der Waals surface area contributed by atoms with Crippen LogP contribution in [0.5, 0.6) is 5.75 Å². The SMILES string of the molecule is CCOc1ccc(-c2[c-]cc(Cl)c(=O)n2CC(F)F)cc1.[Y]. The maximum atomic E-state index is 12.7. The van der Waals surface area contributed by atoms with Crippen LogP contribution in [0, 0.1) is 6.07 Å². The fraction of sp³-hybridized carbons (Fsp3) is 0.267. The molecule has 0 aliphatic heterocycles. The molecule has 0 spiro atoms. The molecular formula is C15H13ClF2NO2Y-. The first-order chi connectivity index (χ1) is 10.0. The Bertz CT molecular complexity index is 674. The van der Waals surface area contributed by atoms with Crippen LogP contribution >= 0.6 is 11.6 Å². The van der Waals surface area contributed by atoms with Gasteiger partial charge in [-0.1, -0.05) is 11.3 Å². The summed E-state index contributed by atoms with van der Waals surface area (Å²) in [5.74, 6) is 0.665. The third kappa shape index (κ3) is 4.61. The second-order valence-corrected chi connectivity index (χ2v) is 4.66. The smallest absolute Gasteiger partial charge is 0.256 e. The molecule has 1 radical (unpaired) electrons. The topological polar surface area (TPSA) is 31.2 Å². The van der Waals surface area contributed by atoms with Crippen molar-refractivity contribution in [2.24, 2.45) is 0 Å². The summed E-state index contributed by atoms with van der Waals surface area (Å²) in [5, 5.41) is -0.134. The number of hydrogen-bond donors (Lipinski definition) is 0. The van der Waals surface area contributed by atoms with Gasteiger partial charge < -0.3 is 9.30 Å². The number of ether oxygens (including phenoxy) is 1. The minimum Gasteiger partial charge on any atom is -0.494 e. The van der Waals surface area contributed by atoms with Crippen LogP contribution in [-0.2, 0) is 39.3 Å². The standard InChI is InChI=1S/C15H13ClF2NO2.Y/c1-2-21-11-5-3-10(4-6-11)13-8-7-12(16)15(20)19(13)9-14(17)18;/h3-7,14H,2,9H2,1H3;/q-1;. The van der Waals surface area contributed by atoms with Crippen LogP contribution in [0.3, 0.4) is 0 Å². The molecule has 0 fully saturated rings. The van der Waals surface area contributed by atoms with E-state index in [-0.39, 0.29) is 43.4 Å². The summed E-state index contributed by atoms with van der Waals surface area (Å²) in [6.07, 6.45) is -2.66. The van der Waals surface area contributed by atoms with Crippen molar-refractivity contribution in [1.29, 1.82) is 0 Å².